The molecule has 0 radical (unpaired) electrons. The van der Waals surface area contributed by atoms with Gasteiger partial charge in [0, 0.05) is 40.1 Å². The molecule has 4 aromatic rings. The highest BCUT2D eigenvalue weighted by molar-refractivity contribution is 6.16. The van der Waals surface area contributed by atoms with E-state index in [1.165, 1.54) is 74.4 Å². The van der Waals surface area contributed by atoms with Crippen LogP contribution in [0.2, 0.25) is 0 Å². The number of para-hydroxylation sites is 1. The fraction of sp³-hybridized carbons (Fsp3) is 0.412. The van der Waals surface area contributed by atoms with Gasteiger partial charge in [0.15, 0.2) is 0 Å². The third-order valence-electron chi connectivity index (χ3n) is 8.88. The van der Waals surface area contributed by atoms with Crippen molar-refractivity contribution in [2.24, 2.45) is 11.8 Å². The molecule has 0 fully saturated rings. The second kappa shape index (κ2) is 9.81. The second-order valence-corrected chi connectivity index (χ2v) is 11.2. The number of aryl methyl sites for hydroxylation is 2. The summed E-state index contributed by atoms with van der Waals surface area (Å²) < 4.78 is 2.71. The molecule has 36 heavy (non-hydrogen) atoms. The number of benzene rings is 3. The fourth-order valence-electron chi connectivity index (χ4n) is 6.75. The Morgan fingerprint density at radius 1 is 0.944 bits per heavy atom. The number of fused-ring (bicyclic) bond motifs is 5. The van der Waals surface area contributed by atoms with Crippen LogP contribution >= 0.6 is 0 Å². The minimum Gasteiger partial charge on any atom is -0.381 e. The summed E-state index contributed by atoms with van der Waals surface area (Å²) in [6.45, 7) is 19.5. The molecule has 1 N–H and O–H groups in total. The molecule has 3 atom stereocenters. The third-order valence-corrected chi connectivity index (χ3v) is 8.88. The van der Waals surface area contributed by atoms with E-state index < -0.39 is 0 Å². The number of rotatable bonds is 8. The summed E-state index contributed by atoms with van der Waals surface area (Å²) in [6, 6.07) is 18.4. The van der Waals surface area contributed by atoms with E-state index in [-0.39, 0.29) is 0 Å². The Hall–Kier alpha value is -3.00. The first-order valence-corrected chi connectivity index (χ1v) is 14.0. The number of hydrogen-bond acceptors (Lipinski definition) is 1. The van der Waals surface area contributed by atoms with Gasteiger partial charge in [0.05, 0.1) is 5.52 Å². The Balaban J connectivity index is 1.85. The van der Waals surface area contributed by atoms with Crippen molar-refractivity contribution in [1.82, 2.24) is 9.88 Å². The standard InChI is InChI=1S/C34H42N2/c1-8-14-21(3)23(5)19-26(9-2)36-30-18-13-12-17-28(30)33-32-25(7)35-20-29(32)31(24(6)34(33)36)27-16-11-10-15-22(27)4/h10-13,15-18,21,23,26,35H,7-9,14,19-20H2,1-6H3. The van der Waals surface area contributed by atoms with Crippen LogP contribution in [0.4, 0.5) is 0 Å². The molecule has 2 heterocycles. The highest BCUT2D eigenvalue weighted by atomic mass is 15.0. The van der Waals surface area contributed by atoms with Crippen molar-refractivity contribution >= 4 is 27.5 Å². The van der Waals surface area contributed by atoms with Crippen molar-refractivity contribution in [3.05, 3.63) is 77.4 Å². The number of nitrogens with one attached hydrogen (secondary N) is 1. The summed E-state index contributed by atoms with van der Waals surface area (Å²) in [5.41, 5.74) is 12.0. The SMILES string of the molecule is C=C1NCc2c(-c3ccccc3C)c(C)c3c(c21)c1ccccc1n3C(CC)CC(C)C(C)CCC. The van der Waals surface area contributed by atoms with Crippen molar-refractivity contribution in [3.8, 4) is 11.1 Å². The van der Waals surface area contributed by atoms with Crippen LogP contribution in [0.25, 0.3) is 38.6 Å². The number of hydrogen-bond donors (Lipinski definition) is 1. The molecule has 3 unspecified atom stereocenters. The smallest absolute Gasteiger partial charge is 0.0537 e. The molecular formula is C34H42N2. The molecule has 0 aliphatic carbocycles. The highest BCUT2D eigenvalue weighted by Crippen LogP contribution is 2.47. The molecule has 1 aliphatic rings. The van der Waals surface area contributed by atoms with E-state index in [9.17, 15) is 0 Å². The van der Waals surface area contributed by atoms with Crippen LogP contribution in [-0.4, -0.2) is 4.57 Å². The van der Waals surface area contributed by atoms with Gasteiger partial charge in [-0.05, 0) is 72.4 Å². The Labute approximate surface area is 217 Å². The molecule has 0 saturated heterocycles. The van der Waals surface area contributed by atoms with Crippen LogP contribution < -0.4 is 5.32 Å². The highest BCUT2D eigenvalue weighted by Gasteiger charge is 2.30. The molecule has 188 valence electrons. The van der Waals surface area contributed by atoms with E-state index in [4.69, 9.17) is 0 Å². The van der Waals surface area contributed by atoms with Crippen LogP contribution in [0.15, 0.2) is 55.1 Å². The monoisotopic (exact) mass is 478 g/mol. The van der Waals surface area contributed by atoms with Crippen molar-refractivity contribution in [2.45, 2.75) is 79.8 Å². The van der Waals surface area contributed by atoms with Gasteiger partial charge in [-0.2, -0.15) is 0 Å². The van der Waals surface area contributed by atoms with Gasteiger partial charge in [-0.25, -0.2) is 0 Å². The fourth-order valence-corrected chi connectivity index (χ4v) is 6.75. The van der Waals surface area contributed by atoms with Crippen LogP contribution in [-0.2, 0) is 6.54 Å². The van der Waals surface area contributed by atoms with Crippen LogP contribution in [0.3, 0.4) is 0 Å². The molecule has 1 aromatic heterocycles. The molecule has 0 spiro atoms. The summed E-state index contributed by atoms with van der Waals surface area (Å²) in [4.78, 5) is 0. The molecule has 0 amide bonds. The lowest BCUT2D eigenvalue weighted by Crippen LogP contribution is -2.17. The van der Waals surface area contributed by atoms with Crippen molar-refractivity contribution in [2.75, 3.05) is 0 Å². The normalized spacial score (nSPS) is 15.8. The maximum absolute atomic E-state index is 4.49. The van der Waals surface area contributed by atoms with Crippen molar-refractivity contribution < 1.29 is 0 Å². The zero-order valence-corrected chi connectivity index (χ0v) is 23.0. The number of aromatic nitrogens is 1. The molecule has 5 rings (SSSR count). The third kappa shape index (κ3) is 3.86. The lowest BCUT2D eigenvalue weighted by atomic mass is 9.85. The van der Waals surface area contributed by atoms with Gasteiger partial charge < -0.3 is 9.88 Å². The molecule has 1 aliphatic heterocycles. The maximum Gasteiger partial charge on any atom is 0.0537 e. The van der Waals surface area contributed by atoms with E-state index in [2.05, 4.69) is 107 Å². The van der Waals surface area contributed by atoms with Gasteiger partial charge in [0.25, 0.3) is 0 Å². The summed E-state index contributed by atoms with van der Waals surface area (Å²) in [5, 5.41) is 6.36. The van der Waals surface area contributed by atoms with Crippen LogP contribution in [0, 0.1) is 25.7 Å². The average Bonchev–Trinajstić information content (AvgIpc) is 3.42. The van der Waals surface area contributed by atoms with E-state index in [1.54, 1.807) is 0 Å². The van der Waals surface area contributed by atoms with Gasteiger partial charge in [-0.3, -0.25) is 0 Å². The van der Waals surface area contributed by atoms with E-state index in [0.29, 0.717) is 12.0 Å². The maximum atomic E-state index is 4.49. The first-order valence-electron chi connectivity index (χ1n) is 14.0. The second-order valence-electron chi connectivity index (χ2n) is 11.2. The largest absolute Gasteiger partial charge is 0.381 e. The Bertz CT molecular complexity index is 1440. The van der Waals surface area contributed by atoms with Gasteiger partial charge in [-0.1, -0.05) is 89.6 Å². The zero-order chi connectivity index (χ0) is 25.6. The van der Waals surface area contributed by atoms with Crippen LogP contribution in [0.1, 0.15) is 81.7 Å². The molecular weight excluding hydrogens is 436 g/mol. The van der Waals surface area contributed by atoms with Gasteiger partial charge in [0.1, 0.15) is 0 Å². The predicted molar refractivity (Wildman–Crippen MR) is 157 cm³/mol. The first kappa shape index (κ1) is 24.7. The quantitative estimate of drug-likeness (QED) is 0.267. The lowest BCUT2D eigenvalue weighted by molar-refractivity contribution is 0.289. The molecule has 0 saturated carbocycles. The van der Waals surface area contributed by atoms with Crippen molar-refractivity contribution in [1.29, 1.82) is 0 Å². The molecule has 3 aromatic carbocycles. The van der Waals surface area contributed by atoms with Gasteiger partial charge in [-0.15, -0.1) is 0 Å². The Morgan fingerprint density at radius 2 is 1.67 bits per heavy atom. The minimum atomic E-state index is 0.464. The van der Waals surface area contributed by atoms with Crippen molar-refractivity contribution in [3.63, 3.8) is 0 Å². The van der Waals surface area contributed by atoms with Gasteiger partial charge in [0.2, 0.25) is 0 Å². The lowest BCUT2D eigenvalue weighted by Gasteiger charge is -2.28. The molecule has 2 heteroatoms. The van der Waals surface area contributed by atoms with E-state index >= 15 is 0 Å². The number of nitrogens with zero attached hydrogens (tertiary/aromatic N) is 1. The van der Waals surface area contributed by atoms with Gasteiger partial charge >= 0.3 is 0 Å². The van der Waals surface area contributed by atoms with E-state index in [0.717, 1.165) is 24.6 Å². The summed E-state index contributed by atoms with van der Waals surface area (Å²) in [5.74, 6) is 1.43. The first-order chi connectivity index (χ1) is 17.4. The summed E-state index contributed by atoms with van der Waals surface area (Å²) in [7, 11) is 0. The summed E-state index contributed by atoms with van der Waals surface area (Å²) in [6.07, 6.45) is 4.91. The molecule has 0 bridgehead atoms. The minimum absolute atomic E-state index is 0.464. The van der Waals surface area contributed by atoms with E-state index in [1.807, 2.05) is 0 Å². The van der Waals surface area contributed by atoms with Crippen LogP contribution in [0.5, 0.6) is 0 Å². The average molecular weight is 479 g/mol. The molecule has 2 nitrogen and oxygen atoms in total. The summed E-state index contributed by atoms with van der Waals surface area (Å²) >= 11 is 0. The zero-order valence-electron chi connectivity index (χ0n) is 23.0. The predicted octanol–water partition coefficient (Wildman–Crippen LogP) is 9.57. The topological polar surface area (TPSA) is 17.0 Å². The Morgan fingerprint density at radius 3 is 2.39 bits per heavy atom. The Kier molecular flexibility index (Phi) is 6.72.